The number of aromatic nitrogens is 2. The summed E-state index contributed by atoms with van der Waals surface area (Å²) in [7, 11) is 0. The van der Waals surface area contributed by atoms with Gasteiger partial charge >= 0.3 is 6.18 Å². The molecule has 0 aliphatic heterocycles. The van der Waals surface area contributed by atoms with Crippen LogP contribution in [0.5, 0.6) is 0 Å². The Morgan fingerprint density at radius 3 is 2.44 bits per heavy atom. The van der Waals surface area contributed by atoms with Crippen molar-refractivity contribution in [1.82, 2.24) is 10.1 Å². The van der Waals surface area contributed by atoms with Crippen LogP contribution in [-0.4, -0.2) is 16.3 Å². The van der Waals surface area contributed by atoms with Crippen molar-refractivity contribution in [2.24, 2.45) is 0 Å². The van der Waals surface area contributed by atoms with Gasteiger partial charge in [0.05, 0.1) is 6.42 Å². The molecule has 2 N–H and O–H groups in total. The molecular formula is C11H10F3N3O. The molecule has 0 aliphatic rings. The summed E-state index contributed by atoms with van der Waals surface area (Å²) in [5.74, 6) is 0.228. The minimum Gasteiger partial charge on any atom is -0.399 e. The highest BCUT2D eigenvalue weighted by molar-refractivity contribution is 5.57. The van der Waals surface area contributed by atoms with Crippen LogP contribution in [0.3, 0.4) is 0 Å². The van der Waals surface area contributed by atoms with E-state index >= 15 is 0 Å². The molecule has 0 atom stereocenters. The molecular weight excluding hydrogens is 247 g/mol. The molecule has 96 valence electrons. The van der Waals surface area contributed by atoms with Gasteiger partial charge in [0.25, 0.3) is 0 Å². The Labute approximate surface area is 101 Å². The number of nitrogen functional groups attached to an aromatic ring is 1. The second-order valence-corrected chi connectivity index (χ2v) is 3.75. The van der Waals surface area contributed by atoms with Crippen LogP contribution in [0.25, 0.3) is 11.4 Å². The first-order valence-electron chi connectivity index (χ1n) is 5.19. The molecule has 0 spiro atoms. The van der Waals surface area contributed by atoms with Crippen LogP contribution in [0.2, 0.25) is 0 Å². The van der Waals surface area contributed by atoms with Crippen molar-refractivity contribution in [3.8, 4) is 11.4 Å². The molecule has 2 rings (SSSR count). The Morgan fingerprint density at radius 1 is 1.17 bits per heavy atom. The van der Waals surface area contributed by atoms with Crippen molar-refractivity contribution in [2.75, 3.05) is 5.73 Å². The van der Waals surface area contributed by atoms with Gasteiger partial charge in [-0.25, -0.2) is 0 Å². The third kappa shape index (κ3) is 3.22. The van der Waals surface area contributed by atoms with Gasteiger partial charge in [-0.2, -0.15) is 18.2 Å². The van der Waals surface area contributed by atoms with Crippen molar-refractivity contribution in [3.05, 3.63) is 30.2 Å². The molecule has 2 aromatic rings. The summed E-state index contributed by atoms with van der Waals surface area (Å²) in [6.07, 6.45) is -5.52. The standard InChI is InChI=1S/C11H10F3N3O/c12-11(13,14)6-5-9-16-10(17-18-9)7-1-3-8(15)4-2-7/h1-4H,5-6,15H2. The molecule has 0 saturated carbocycles. The Bertz CT molecular complexity index is 519. The van der Waals surface area contributed by atoms with Crippen LogP contribution in [-0.2, 0) is 6.42 Å². The van der Waals surface area contributed by atoms with Crippen molar-refractivity contribution in [2.45, 2.75) is 19.0 Å². The Kier molecular flexibility index (Phi) is 3.22. The lowest BCUT2D eigenvalue weighted by Gasteiger charge is -2.01. The van der Waals surface area contributed by atoms with E-state index in [1.54, 1.807) is 24.3 Å². The quantitative estimate of drug-likeness (QED) is 0.858. The fourth-order valence-corrected chi connectivity index (χ4v) is 1.35. The van der Waals surface area contributed by atoms with Crippen molar-refractivity contribution < 1.29 is 17.7 Å². The summed E-state index contributed by atoms with van der Waals surface area (Å²) in [5, 5.41) is 3.62. The molecule has 0 unspecified atom stereocenters. The van der Waals surface area contributed by atoms with Crippen LogP contribution in [0.1, 0.15) is 12.3 Å². The highest BCUT2D eigenvalue weighted by Crippen LogP contribution is 2.23. The maximum absolute atomic E-state index is 12.0. The third-order valence-corrected chi connectivity index (χ3v) is 2.26. The number of nitrogens with two attached hydrogens (primary N) is 1. The van der Waals surface area contributed by atoms with Crippen LogP contribution >= 0.6 is 0 Å². The maximum Gasteiger partial charge on any atom is 0.389 e. The minimum atomic E-state index is -4.23. The molecule has 0 fully saturated rings. The zero-order valence-corrected chi connectivity index (χ0v) is 9.24. The molecule has 1 aromatic carbocycles. The number of rotatable bonds is 3. The zero-order valence-electron chi connectivity index (χ0n) is 9.24. The Balaban J connectivity index is 2.08. The maximum atomic E-state index is 12.0. The highest BCUT2D eigenvalue weighted by atomic mass is 19.4. The van der Waals surface area contributed by atoms with E-state index in [9.17, 15) is 13.2 Å². The molecule has 0 bridgehead atoms. The minimum absolute atomic E-state index is 0.0286. The van der Waals surface area contributed by atoms with Crippen molar-refractivity contribution in [1.29, 1.82) is 0 Å². The number of hydrogen-bond donors (Lipinski definition) is 1. The summed E-state index contributed by atoms with van der Waals surface area (Å²) >= 11 is 0. The van der Waals surface area contributed by atoms with Gasteiger partial charge in [0.2, 0.25) is 11.7 Å². The van der Waals surface area contributed by atoms with E-state index in [1.165, 1.54) is 0 Å². The fourth-order valence-electron chi connectivity index (χ4n) is 1.35. The van der Waals surface area contributed by atoms with Crippen LogP contribution in [0.4, 0.5) is 18.9 Å². The average Bonchev–Trinajstić information content (AvgIpc) is 2.75. The van der Waals surface area contributed by atoms with E-state index in [0.717, 1.165) is 0 Å². The van der Waals surface area contributed by atoms with Gasteiger partial charge in [-0.1, -0.05) is 5.16 Å². The first kappa shape index (κ1) is 12.4. The summed E-state index contributed by atoms with van der Waals surface area (Å²) < 4.78 is 40.8. The first-order valence-corrected chi connectivity index (χ1v) is 5.19. The topological polar surface area (TPSA) is 64.9 Å². The van der Waals surface area contributed by atoms with E-state index in [4.69, 9.17) is 10.3 Å². The van der Waals surface area contributed by atoms with E-state index < -0.39 is 12.6 Å². The molecule has 18 heavy (non-hydrogen) atoms. The van der Waals surface area contributed by atoms with Gasteiger partial charge in [0.1, 0.15) is 0 Å². The number of nitrogens with zero attached hydrogens (tertiary/aromatic N) is 2. The number of benzene rings is 1. The summed E-state index contributed by atoms with van der Waals surface area (Å²) in [4.78, 5) is 3.89. The van der Waals surface area contributed by atoms with Crippen molar-refractivity contribution >= 4 is 5.69 Å². The molecule has 0 amide bonds. The Morgan fingerprint density at radius 2 is 1.83 bits per heavy atom. The van der Waals surface area contributed by atoms with Gasteiger partial charge in [0, 0.05) is 17.7 Å². The van der Waals surface area contributed by atoms with Gasteiger partial charge in [-0.05, 0) is 24.3 Å². The molecule has 4 nitrogen and oxygen atoms in total. The predicted molar refractivity (Wildman–Crippen MR) is 58.5 cm³/mol. The summed E-state index contributed by atoms with van der Waals surface area (Å²) in [6, 6.07) is 6.66. The molecule has 1 heterocycles. The van der Waals surface area contributed by atoms with E-state index in [1.807, 2.05) is 0 Å². The van der Waals surface area contributed by atoms with Gasteiger partial charge in [-0.3, -0.25) is 0 Å². The largest absolute Gasteiger partial charge is 0.399 e. The summed E-state index contributed by atoms with van der Waals surface area (Å²) in [6.45, 7) is 0. The van der Waals surface area contributed by atoms with E-state index in [0.29, 0.717) is 11.3 Å². The lowest BCUT2D eigenvalue weighted by atomic mass is 10.2. The molecule has 0 aliphatic carbocycles. The van der Waals surface area contributed by atoms with Gasteiger partial charge in [-0.15, -0.1) is 0 Å². The Hall–Kier alpha value is -2.05. The van der Waals surface area contributed by atoms with Crippen LogP contribution < -0.4 is 5.73 Å². The smallest absolute Gasteiger partial charge is 0.389 e. The number of halogens is 3. The van der Waals surface area contributed by atoms with Gasteiger partial charge in [0.15, 0.2) is 0 Å². The predicted octanol–water partition coefficient (Wildman–Crippen LogP) is 2.81. The zero-order chi connectivity index (χ0) is 13.2. The summed E-state index contributed by atoms with van der Waals surface area (Å²) in [5.41, 5.74) is 6.74. The van der Waals surface area contributed by atoms with Crippen LogP contribution in [0.15, 0.2) is 28.8 Å². The van der Waals surface area contributed by atoms with Gasteiger partial charge < -0.3 is 10.3 Å². The third-order valence-electron chi connectivity index (χ3n) is 2.26. The number of alkyl halides is 3. The normalized spacial score (nSPS) is 11.7. The molecule has 0 radical (unpaired) electrons. The number of hydrogen-bond acceptors (Lipinski definition) is 4. The number of anilines is 1. The van der Waals surface area contributed by atoms with E-state index in [-0.39, 0.29) is 18.1 Å². The average molecular weight is 257 g/mol. The lowest BCUT2D eigenvalue weighted by molar-refractivity contribution is -0.134. The monoisotopic (exact) mass is 257 g/mol. The lowest BCUT2D eigenvalue weighted by Crippen LogP contribution is -2.08. The van der Waals surface area contributed by atoms with E-state index in [2.05, 4.69) is 10.1 Å². The van der Waals surface area contributed by atoms with Crippen molar-refractivity contribution in [3.63, 3.8) is 0 Å². The fraction of sp³-hybridized carbons (Fsp3) is 0.273. The number of aryl methyl sites for hydroxylation is 1. The second-order valence-electron chi connectivity index (χ2n) is 3.75. The second kappa shape index (κ2) is 4.67. The highest BCUT2D eigenvalue weighted by Gasteiger charge is 2.27. The first-order chi connectivity index (χ1) is 8.44. The molecule has 7 heteroatoms. The molecule has 0 saturated heterocycles. The molecule has 1 aromatic heterocycles. The van der Waals surface area contributed by atoms with Crippen LogP contribution in [0, 0.1) is 0 Å². The SMILES string of the molecule is Nc1ccc(-c2noc(CCC(F)(F)F)n2)cc1.